The maximum atomic E-state index is 14.1. The van der Waals surface area contributed by atoms with Crippen LogP contribution in [-0.2, 0) is 14.8 Å². The number of halogens is 1. The van der Waals surface area contributed by atoms with Crippen LogP contribution in [0, 0.1) is 11.7 Å². The number of ether oxygens (including phenoxy) is 2. The first-order valence-corrected chi connectivity index (χ1v) is 15.2. The summed E-state index contributed by atoms with van der Waals surface area (Å²) in [5.74, 6) is -0.651. The van der Waals surface area contributed by atoms with Crippen molar-refractivity contribution in [2.24, 2.45) is 5.92 Å². The first-order valence-electron chi connectivity index (χ1n) is 13.7. The van der Waals surface area contributed by atoms with E-state index in [0.29, 0.717) is 25.4 Å². The number of rotatable bonds is 7. The van der Waals surface area contributed by atoms with Crippen molar-refractivity contribution in [2.75, 3.05) is 45.1 Å². The van der Waals surface area contributed by atoms with Gasteiger partial charge < -0.3 is 24.4 Å². The molecule has 0 aromatic heterocycles. The normalized spacial score (nSPS) is 22.2. The lowest BCUT2D eigenvalue weighted by Gasteiger charge is -2.35. The Kier molecular flexibility index (Phi) is 11.3. The van der Waals surface area contributed by atoms with Crippen LogP contribution in [0.3, 0.4) is 0 Å². The van der Waals surface area contributed by atoms with Crippen LogP contribution in [0.1, 0.15) is 50.4 Å². The molecule has 0 saturated heterocycles. The number of fused-ring (bicyclic) bond motifs is 1. The molecule has 0 radical (unpaired) electrons. The van der Waals surface area contributed by atoms with Gasteiger partial charge in [-0.05, 0) is 89.7 Å². The van der Waals surface area contributed by atoms with Gasteiger partial charge >= 0.3 is 0 Å². The maximum Gasteiger partial charge on any atom is 0.261 e. The fourth-order valence-corrected chi connectivity index (χ4v) is 5.69. The van der Waals surface area contributed by atoms with Crippen molar-refractivity contribution in [3.05, 3.63) is 53.8 Å². The fraction of sp³-hybridized carbons (Fsp3) is 0.552. The van der Waals surface area contributed by atoms with E-state index >= 15 is 0 Å². The van der Waals surface area contributed by atoms with E-state index in [4.69, 9.17) is 9.47 Å². The number of likely N-dealkylation sites (N-methyl/N-ethyl adjacent to an activating group) is 1. The predicted octanol–water partition coefficient (Wildman–Crippen LogP) is 3.98. The molecule has 3 rings (SSSR count). The van der Waals surface area contributed by atoms with Crippen LogP contribution in [0.4, 0.5) is 10.1 Å². The van der Waals surface area contributed by atoms with Gasteiger partial charge in [-0.3, -0.25) is 9.52 Å². The standard InChI is InChI=1S/C29H42FN3O6S/c1-20-17-33(21(2)19-34)29(35)26-16-24(31-40(36,37)25-12-9-23(30)10-13-25)11-14-27(26)39-22(3)8-6-7-15-38-28(20)18-32(4)5/h9-14,16,20-22,28,31,34H,6-8,15,17-19H2,1-5H3/t20-,21-,22+,28-/m1/s1. The van der Waals surface area contributed by atoms with Gasteiger partial charge in [-0.15, -0.1) is 0 Å². The minimum Gasteiger partial charge on any atom is -0.490 e. The second kappa shape index (κ2) is 14.2. The summed E-state index contributed by atoms with van der Waals surface area (Å²) >= 11 is 0. The summed E-state index contributed by atoms with van der Waals surface area (Å²) in [6.45, 7) is 7.07. The molecule has 0 unspecified atom stereocenters. The minimum atomic E-state index is -4.04. The van der Waals surface area contributed by atoms with Crippen molar-refractivity contribution >= 4 is 21.6 Å². The van der Waals surface area contributed by atoms with Gasteiger partial charge in [-0.1, -0.05) is 6.92 Å². The molecule has 2 aromatic rings. The van der Waals surface area contributed by atoms with Gasteiger partial charge in [0.25, 0.3) is 15.9 Å². The van der Waals surface area contributed by atoms with E-state index in [1.165, 1.54) is 24.3 Å². The largest absolute Gasteiger partial charge is 0.490 e. The molecule has 222 valence electrons. The van der Waals surface area contributed by atoms with E-state index in [9.17, 15) is 22.7 Å². The zero-order valence-corrected chi connectivity index (χ0v) is 24.8. The highest BCUT2D eigenvalue weighted by atomic mass is 32.2. The van der Waals surface area contributed by atoms with Crippen LogP contribution in [0.25, 0.3) is 0 Å². The molecule has 0 spiro atoms. The molecule has 2 N–H and O–H groups in total. The molecule has 40 heavy (non-hydrogen) atoms. The Balaban J connectivity index is 2.02. The first kappa shape index (κ1) is 31.8. The summed E-state index contributed by atoms with van der Waals surface area (Å²) in [5, 5.41) is 10.0. The Bertz CT molecular complexity index is 1220. The lowest BCUT2D eigenvalue weighted by Crippen LogP contribution is -2.47. The number of amides is 1. The van der Waals surface area contributed by atoms with Crippen LogP contribution in [0.15, 0.2) is 47.4 Å². The van der Waals surface area contributed by atoms with Gasteiger partial charge in [-0.2, -0.15) is 0 Å². The van der Waals surface area contributed by atoms with E-state index in [1.807, 2.05) is 27.9 Å². The Morgan fingerprint density at radius 3 is 2.50 bits per heavy atom. The van der Waals surface area contributed by atoms with Crippen molar-refractivity contribution in [1.82, 2.24) is 9.80 Å². The highest BCUT2D eigenvalue weighted by Gasteiger charge is 2.30. The number of hydrogen-bond donors (Lipinski definition) is 2. The molecule has 1 aliphatic rings. The molecule has 1 amide bonds. The molecular weight excluding hydrogens is 537 g/mol. The second-order valence-corrected chi connectivity index (χ2v) is 12.5. The van der Waals surface area contributed by atoms with Crippen LogP contribution in [0.2, 0.25) is 0 Å². The molecule has 4 atom stereocenters. The fourth-order valence-electron chi connectivity index (χ4n) is 4.64. The molecule has 0 fully saturated rings. The molecule has 0 bridgehead atoms. The third kappa shape index (κ3) is 8.63. The quantitative estimate of drug-likeness (QED) is 0.511. The summed E-state index contributed by atoms with van der Waals surface area (Å²) in [4.78, 5) is 17.6. The highest BCUT2D eigenvalue weighted by molar-refractivity contribution is 7.92. The molecule has 0 aliphatic carbocycles. The predicted molar refractivity (Wildman–Crippen MR) is 153 cm³/mol. The van der Waals surface area contributed by atoms with Crippen molar-refractivity contribution in [3.63, 3.8) is 0 Å². The average molecular weight is 580 g/mol. The lowest BCUT2D eigenvalue weighted by molar-refractivity contribution is -0.0137. The molecule has 0 saturated carbocycles. The summed E-state index contributed by atoms with van der Waals surface area (Å²) in [7, 11) is -0.0862. The van der Waals surface area contributed by atoms with E-state index < -0.39 is 21.9 Å². The smallest absolute Gasteiger partial charge is 0.261 e. The van der Waals surface area contributed by atoms with Crippen molar-refractivity contribution < 1.29 is 32.2 Å². The van der Waals surface area contributed by atoms with Crippen LogP contribution in [0.5, 0.6) is 5.75 Å². The van der Waals surface area contributed by atoms with Crippen LogP contribution >= 0.6 is 0 Å². The second-order valence-electron chi connectivity index (χ2n) is 10.8. The summed E-state index contributed by atoms with van der Waals surface area (Å²) in [5.41, 5.74) is 0.341. The average Bonchev–Trinajstić information content (AvgIpc) is 2.90. The third-order valence-electron chi connectivity index (χ3n) is 6.97. The molecule has 1 aliphatic heterocycles. The van der Waals surface area contributed by atoms with Gasteiger partial charge in [0.1, 0.15) is 11.6 Å². The number of anilines is 1. The van der Waals surface area contributed by atoms with E-state index in [1.54, 1.807) is 17.9 Å². The molecule has 2 aromatic carbocycles. The number of nitrogens with zero attached hydrogens (tertiary/aromatic N) is 2. The number of aliphatic hydroxyl groups excluding tert-OH is 1. The SMILES string of the molecule is C[C@@H]1CN([C@H](C)CO)C(=O)c2cc(NS(=O)(=O)c3ccc(F)cc3)ccc2O[C@@H](C)CCCCO[C@@H]1CN(C)C. The zero-order chi connectivity index (χ0) is 29.4. The van der Waals surface area contributed by atoms with Crippen LogP contribution in [-0.4, -0.2) is 87.9 Å². The van der Waals surface area contributed by atoms with E-state index in [2.05, 4.69) is 9.62 Å². The number of carbonyl (C=O) groups is 1. The van der Waals surface area contributed by atoms with Gasteiger partial charge in [0.2, 0.25) is 0 Å². The number of nitrogens with one attached hydrogen (secondary N) is 1. The number of aliphatic hydroxyl groups is 1. The van der Waals surface area contributed by atoms with Crippen molar-refractivity contribution in [2.45, 2.75) is 63.2 Å². The maximum absolute atomic E-state index is 14.1. The Morgan fingerprint density at radius 1 is 1.15 bits per heavy atom. The Labute approximate surface area is 237 Å². The van der Waals surface area contributed by atoms with Crippen molar-refractivity contribution in [1.29, 1.82) is 0 Å². The summed E-state index contributed by atoms with van der Waals surface area (Å²) < 4.78 is 54.2. The molecular formula is C29H42FN3O6S. The first-order chi connectivity index (χ1) is 18.9. The van der Waals surface area contributed by atoms with E-state index in [0.717, 1.165) is 31.4 Å². The number of sulfonamides is 1. The molecule has 11 heteroatoms. The summed E-state index contributed by atoms with van der Waals surface area (Å²) in [6, 6.07) is 8.54. The zero-order valence-electron chi connectivity index (χ0n) is 24.0. The Hall–Kier alpha value is -2.73. The number of hydrogen-bond acceptors (Lipinski definition) is 7. The minimum absolute atomic E-state index is 0.0493. The van der Waals surface area contributed by atoms with Gasteiger partial charge in [0, 0.05) is 31.3 Å². The monoisotopic (exact) mass is 579 g/mol. The highest BCUT2D eigenvalue weighted by Crippen LogP contribution is 2.29. The lowest BCUT2D eigenvalue weighted by atomic mass is 10.0. The van der Waals surface area contributed by atoms with Gasteiger partial charge in [0.15, 0.2) is 0 Å². The molecule has 9 nitrogen and oxygen atoms in total. The van der Waals surface area contributed by atoms with Gasteiger partial charge in [-0.25, -0.2) is 12.8 Å². The Morgan fingerprint density at radius 2 is 1.85 bits per heavy atom. The summed E-state index contributed by atoms with van der Waals surface area (Å²) in [6.07, 6.45) is 2.19. The van der Waals surface area contributed by atoms with Crippen molar-refractivity contribution in [3.8, 4) is 5.75 Å². The topological polar surface area (TPSA) is 108 Å². The van der Waals surface area contributed by atoms with Crippen LogP contribution < -0.4 is 9.46 Å². The van der Waals surface area contributed by atoms with E-state index in [-0.39, 0.29) is 46.8 Å². The number of benzene rings is 2. The molecule has 1 heterocycles. The number of carbonyl (C=O) groups excluding carboxylic acids is 1. The third-order valence-corrected chi connectivity index (χ3v) is 8.37. The van der Waals surface area contributed by atoms with Gasteiger partial charge in [0.05, 0.1) is 35.3 Å².